The topological polar surface area (TPSA) is 84.5 Å². The molecule has 1 saturated heterocycles. The Kier molecular flexibility index (Phi) is 4.71. The molecule has 2 N–H and O–H groups in total. The lowest BCUT2D eigenvalue weighted by molar-refractivity contribution is -0.123. The number of carbonyl (C=O) groups excluding carboxylic acids is 3. The highest BCUT2D eigenvalue weighted by molar-refractivity contribution is 6.31. The molecule has 6 nitrogen and oxygen atoms in total. The average molecular weight is 288 g/mol. The molecule has 21 heavy (non-hydrogen) atoms. The third-order valence-electron chi connectivity index (χ3n) is 2.90. The number of carbonyl (C=O) groups is 3. The minimum atomic E-state index is -0.804. The van der Waals surface area contributed by atoms with E-state index >= 15 is 0 Å². The highest BCUT2D eigenvalue weighted by atomic mass is 16.5. The Hall–Kier alpha value is -2.63. The van der Waals surface area contributed by atoms with Gasteiger partial charge in [-0.1, -0.05) is 25.5 Å². The Morgan fingerprint density at radius 1 is 1.05 bits per heavy atom. The van der Waals surface area contributed by atoms with Gasteiger partial charge < -0.3 is 4.74 Å². The summed E-state index contributed by atoms with van der Waals surface area (Å²) in [6.45, 7) is 2.74. The zero-order valence-corrected chi connectivity index (χ0v) is 11.6. The Bertz CT molecular complexity index is 568. The fourth-order valence-corrected chi connectivity index (χ4v) is 1.77. The summed E-state index contributed by atoms with van der Waals surface area (Å²) in [7, 11) is 0. The van der Waals surface area contributed by atoms with Gasteiger partial charge in [0, 0.05) is 0 Å². The third kappa shape index (κ3) is 3.92. The van der Waals surface area contributed by atoms with Crippen LogP contribution in [-0.2, 0) is 9.59 Å². The van der Waals surface area contributed by atoms with Crippen LogP contribution < -0.4 is 15.4 Å². The zero-order chi connectivity index (χ0) is 15.2. The van der Waals surface area contributed by atoms with E-state index in [0.29, 0.717) is 12.2 Å². The number of benzene rings is 1. The van der Waals surface area contributed by atoms with Crippen LogP contribution in [0.3, 0.4) is 0 Å². The minimum Gasteiger partial charge on any atom is -0.494 e. The quantitative estimate of drug-likeness (QED) is 0.490. The lowest BCUT2D eigenvalue weighted by atomic mass is 10.1. The first-order valence-corrected chi connectivity index (χ1v) is 6.71. The lowest BCUT2D eigenvalue weighted by Crippen LogP contribution is -2.51. The van der Waals surface area contributed by atoms with Crippen LogP contribution >= 0.6 is 0 Å². The molecule has 1 aromatic carbocycles. The van der Waals surface area contributed by atoms with Crippen molar-refractivity contribution in [1.82, 2.24) is 10.6 Å². The van der Waals surface area contributed by atoms with Gasteiger partial charge in [-0.15, -0.1) is 0 Å². The number of nitrogens with one attached hydrogen (secondary N) is 2. The summed E-state index contributed by atoms with van der Waals surface area (Å²) < 4.78 is 5.52. The molecule has 0 saturated carbocycles. The number of amides is 4. The maximum absolute atomic E-state index is 11.6. The minimum absolute atomic E-state index is 0.103. The second-order valence-corrected chi connectivity index (χ2v) is 4.57. The molecule has 1 aliphatic heterocycles. The van der Waals surface area contributed by atoms with Crippen molar-refractivity contribution in [2.45, 2.75) is 19.8 Å². The summed E-state index contributed by atoms with van der Waals surface area (Å²) in [6, 6.07) is 6.22. The van der Waals surface area contributed by atoms with Crippen LogP contribution in [0, 0.1) is 0 Å². The van der Waals surface area contributed by atoms with Crippen molar-refractivity contribution in [1.29, 1.82) is 0 Å². The molecule has 6 heteroatoms. The normalized spacial score (nSPS) is 14.5. The number of imide groups is 2. The van der Waals surface area contributed by atoms with Gasteiger partial charge in [-0.05, 0) is 30.2 Å². The van der Waals surface area contributed by atoms with Gasteiger partial charge in [0.2, 0.25) is 0 Å². The van der Waals surface area contributed by atoms with Crippen molar-refractivity contribution < 1.29 is 19.1 Å². The fraction of sp³-hybridized carbons (Fsp3) is 0.267. The summed E-state index contributed by atoms with van der Waals surface area (Å²) in [6.07, 6.45) is 3.47. The number of ether oxygens (including phenoxy) is 1. The monoisotopic (exact) mass is 288 g/mol. The molecule has 1 fully saturated rings. The second-order valence-electron chi connectivity index (χ2n) is 4.57. The van der Waals surface area contributed by atoms with Gasteiger partial charge in [-0.3, -0.25) is 20.2 Å². The number of hydrogen-bond acceptors (Lipinski definition) is 4. The Labute approximate surface area is 122 Å². The van der Waals surface area contributed by atoms with Crippen LogP contribution in [-0.4, -0.2) is 24.5 Å². The molecule has 1 aromatic rings. The summed E-state index contributed by atoms with van der Waals surface area (Å²) in [5, 5.41) is 4.05. The molecule has 0 bridgehead atoms. The maximum atomic E-state index is 11.6. The van der Waals surface area contributed by atoms with Gasteiger partial charge >= 0.3 is 6.03 Å². The van der Waals surface area contributed by atoms with Crippen molar-refractivity contribution in [3.63, 3.8) is 0 Å². The van der Waals surface area contributed by atoms with Crippen LogP contribution in [0.5, 0.6) is 5.75 Å². The molecular formula is C15H16N2O4. The van der Waals surface area contributed by atoms with Crippen LogP contribution in [0.4, 0.5) is 4.79 Å². The number of barbiturate groups is 1. The predicted molar refractivity (Wildman–Crippen MR) is 76.5 cm³/mol. The van der Waals surface area contributed by atoms with E-state index in [2.05, 4.69) is 6.92 Å². The van der Waals surface area contributed by atoms with Crippen LogP contribution in [0.1, 0.15) is 25.3 Å². The van der Waals surface area contributed by atoms with E-state index in [1.807, 2.05) is 10.6 Å². The second kappa shape index (κ2) is 6.69. The largest absolute Gasteiger partial charge is 0.494 e. The molecule has 0 atom stereocenters. The van der Waals surface area contributed by atoms with Gasteiger partial charge in [0.05, 0.1) is 6.61 Å². The zero-order valence-electron chi connectivity index (χ0n) is 11.6. The Morgan fingerprint density at radius 3 is 2.24 bits per heavy atom. The van der Waals surface area contributed by atoms with Crippen molar-refractivity contribution in [3.05, 3.63) is 35.4 Å². The molecule has 0 spiro atoms. The van der Waals surface area contributed by atoms with E-state index in [1.165, 1.54) is 6.08 Å². The highest BCUT2D eigenvalue weighted by Crippen LogP contribution is 2.16. The fourth-order valence-electron chi connectivity index (χ4n) is 1.77. The average Bonchev–Trinajstić information content (AvgIpc) is 2.44. The molecule has 0 unspecified atom stereocenters. The van der Waals surface area contributed by atoms with E-state index in [1.54, 1.807) is 24.3 Å². The number of rotatable bonds is 5. The van der Waals surface area contributed by atoms with Crippen LogP contribution in [0.25, 0.3) is 6.08 Å². The number of unbranched alkanes of at least 4 members (excludes halogenated alkanes) is 1. The van der Waals surface area contributed by atoms with E-state index in [0.717, 1.165) is 18.6 Å². The molecule has 1 heterocycles. The summed E-state index contributed by atoms with van der Waals surface area (Å²) in [5.74, 6) is -0.669. The van der Waals surface area contributed by atoms with Crippen molar-refractivity contribution in [3.8, 4) is 5.75 Å². The highest BCUT2D eigenvalue weighted by Gasteiger charge is 2.27. The Balaban J connectivity index is 2.08. The van der Waals surface area contributed by atoms with Gasteiger partial charge in [0.25, 0.3) is 11.8 Å². The first-order valence-electron chi connectivity index (χ1n) is 6.71. The van der Waals surface area contributed by atoms with Crippen molar-refractivity contribution in [2.75, 3.05) is 6.61 Å². The van der Waals surface area contributed by atoms with Crippen LogP contribution in [0.15, 0.2) is 29.8 Å². The Morgan fingerprint density at radius 2 is 1.67 bits per heavy atom. The SMILES string of the molecule is CCCCOc1ccc(C=C2C(=O)NC(=O)NC2=O)cc1. The van der Waals surface area contributed by atoms with E-state index in [-0.39, 0.29) is 5.57 Å². The van der Waals surface area contributed by atoms with Gasteiger partial charge in [-0.25, -0.2) is 4.79 Å². The van der Waals surface area contributed by atoms with Gasteiger partial charge in [0.15, 0.2) is 0 Å². The van der Waals surface area contributed by atoms with E-state index < -0.39 is 17.8 Å². The molecular weight excluding hydrogens is 272 g/mol. The molecule has 2 rings (SSSR count). The van der Waals surface area contributed by atoms with Crippen molar-refractivity contribution >= 4 is 23.9 Å². The van der Waals surface area contributed by atoms with Crippen molar-refractivity contribution in [2.24, 2.45) is 0 Å². The summed E-state index contributed by atoms with van der Waals surface area (Å²) in [4.78, 5) is 34.1. The summed E-state index contributed by atoms with van der Waals surface area (Å²) in [5.41, 5.74) is 0.571. The molecule has 0 radical (unpaired) electrons. The molecule has 1 aliphatic rings. The van der Waals surface area contributed by atoms with Gasteiger partial charge in [0.1, 0.15) is 11.3 Å². The molecule has 0 aliphatic carbocycles. The maximum Gasteiger partial charge on any atom is 0.328 e. The van der Waals surface area contributed by atoms with Crippen LogP contribution in [0.2, 0.25) is 0 Å². The first-order chi connectivity index (χ1) is 10.1. The van der Waals surface area contributed by atoms with Gasteiger partial charge in [-0.2, -0.15) is 0 Å². The molecule has 110 valence electrons. The van der Waals surface area contributed by atoms with E-state index in [9.17, 15) is 14.4 Å². The van der Waals surface area contributed by atoms with E-state index in [4.69, 9.17) is 4.74 Å². The lowest BCUT2D eigenvalue weighted by Gasteiger charge is -2.13. The standard InChI is InChI=1S/C15H16N2O4/c1-2-3-8-21-11-6-4-10(5-7-11)9-12-13(18)16-15(20)17-14(12)19/h4-7,9H,2-3,8H2,1H3,(H2,16,17,18,19,20). The number of hydrogen-bond donors (Lipinski definition) is 2. The molecule has 4 amide bonds. The smallest absolute Gasteiger partial charge is 0.328 e. The predicted octanol–water partition coefficient (Wildman–Crippen LogP) is 1.61. The summed E-state index contributed by atoms with van der Waals surface area (Å²) >= 11 is 0. The third-order valence-corrected chi connectivity index (χ3v) is 2.90. The number of urea groups is 1. The molecule has 0 aromatic heterocycles. The first kappa shape index (κ1) is 14.8.